The van der Waals surface area contributed by atoms with Crippen molar-refractivity contribution in [2.75, 3.05) is 27.5 Å². The second kappa shape index (κ2) is 7.48. The molecule has 1 atom stereocenters. The molecule has 3 heterocycles. The van der Waals surface area contributed by atoms with Crippen molar-refractivity contribution in [2.45, 2.75) is 31.8 Å². The summed E-state index contributed by atoms with van der Waals surface area (Å²) in [5.41, 5.74) is 3.02. The zero-order chi connectivity index (χ0) is 18.8. The maximum Gasteiger partial charge on any atom is 0.231 e. The van der Waals surface area contributed by atoms with Gasteiger partial charge in [0.1, 0.15) is 0 Å². The fraction of sp³-hybridized carbons (Fsp3) is 0.474. The highest BCUT2D eigenvalue weighted by Crippen LogP contribution is 2.50. The number of nitrogens with zero attached hydrogens (tertiary/aromatic N) is 4. The van der Waals surface area contributed by atoms with Crippen LogP contribution in [0.1, 0.15) is 30.0 Å². The van der Waals surface area contributed by atoms with Crippen LogP contribution in [0.4, 0.5) is 0 Å². The van der Waals surface area contributed by atoms with Gasteiger partial charge in [-0.1, -0.05) is 5.16 Å². The summed E-state index contributed by atoms with van der Waals surface area (Å²) in [7, 11) is 3.74. The molecule has 0 amide bonds. The van der Waals surface area contributed by atoms with E-state index in [0.29, 0.717) is 25.1 Å². The Morgan fingerprint density at radius 3 is 3.07 bits per heavy atom. The van der Waals surface area contributed by atoms with Gasteiger partial charge < -0.3 is 19.4 Å². The number of oxime groups is 1. The molecular weight excluding hydrogens is 348 g/mol. The predicted molar refractivity (Wildman–Crippen MR) is 98.9 cm³/mol. The summed E-state index contributed by atoms with van der Waals surface area (Å²) in [4.78, 5) is 2.27. The van der Waals surface area contributed by atoms with Crippen LogP contribution in [0.15, 0.2) is 29.7 Å². The van der Waals surface area contributed by atoms with E-state index in [2.05, 4.69) is 28.3 Å². The van der Waals surface area contributed by atoms with Crippen LogP contribution in [-0.4, -0.2) is 53.1 Å². The number of aryl methyl sites for hydroxylation is 1. The molecule has 1 unspecified atom stereocenters. The Labute approximate surface area is 157 Å². The minimum absolute atomic E-state index is 0.0433. The molecule has 2 aliphatic heterocycles. The summed E-state index contributed by atoms with van der Waals surface area (Å²) in [6, 6.07) is 3.98. The van der Waals surface area contributed by atoms with E-state index in [1.807, 2.05) is 16.9 Å². The van der Waals surface area contributed by atoms with Gasteiger partial charge in [-0.25, -0.2) is 0 Å². The first-order chi connectivity index (χ1) is 13.2. The molecule has 2 aromatic rings. The Balaban J connectivity index is 1.61. The molecule has 8 heteroatoms. The van der Waals surface area contributed by atoms with E-state index in [-0.39, 0.29) is 12.8 Å². The van der Waals surface area contributed by atoms with Crippen LogP contribution in [0, 0.1) is 0 Å². The molecule has 0 saturated heterocycles. The summed E-state index contributed by atoms with van der Waals surface area (Å²) in [5, 5.41) is 17.3. The molecular formula is C19H24N4O4. The van der Waals surface area contributed by atoms with E-state index >= 15 is 0 Å². The Morgan fingerprint density at radius 1 is 1.44 bits per heavy atom. The Hall–Kier alpha value is -2.74. The molecule has 144 valence electrons. The SMILES string of the molecule is COc1c2c(cc3c1C(CC(CCn1cccn1)=NO)N(C)CC3)OCO2. The molecule has 0 fully saturated rings. The molecule has 1 aromatic carbocycles. The summed E-state index contributed by atoms with van der Waals surface area (Å²) in [6.07, 6.45) is 5.80. The number of likely N-dealkylation sites (N-methyl/N-ethyl adjacent to an activating group) is 1. The van der Waals surface area contributed by atoms with Gasteiger partial charge in [-0.3, -0.25) is 9.58 Å². The van der Waals surface area contributed by atoms with Crippen molar-refractivity contribution in [3.8, 4) is 17.2 Å². The second-order valence-corrected chi connectivity index (χ2v) is 6.85. The van der Waals surface area contributed by atoms with E-state index in [9.17, 15) is 5.21 Å². The Morgan fingerprint density at radius 2 is 2.33 bits per heavy atom. The summed E-state index contributed by atoms with van der Waals surface area (Å²) < 4.78 is 18.8. The van der Waals surface area contributed by atoms with Crippen LogP contribution in [0.5, 0.6) is 17.2 Å². The Kier molecular flexibility index (Phi) is 4.89. The molecule has 8 nitrogen and oxygen atoms in total. The van der Waals surface area contributed by atoms with Gasteiger partial charge in [0.2, 0.25) is 12.5 Å². The maximum absolute atomic E-state index is 9.56. The highest BCUT2D eigenvalue weighted by atomic mass is 16.7. The number of ether oxygens (including phenoxy) is 3. The number of hydrogen-bond donors (Lipinski definition) is 1. The molecule has 0 radical (unpaired) electrons. The third-order valence-corrected chi connectivity index (χ3v) is 5.31. The van der Waals surface area contributed by atoms with Gasteiger partial charge in [0.15, 0.2) is 11.5 Å². The molecule has 1 aromatic heterocycles. The molecule has 0 saturated carbocycles. The second-order valence-electron chi connectivity index (χ2n) is 6.85. The zero-order valence-corrected chi connectivity index (χ0v) is 15.6. The summed E-state index contributed by atoms with van der Waals surface area (Å²) in [6.45, 7) is 1.80. The molecule has 0 spiro atoms. The lowest BCUT2D eigenvalue weighted by atomic mass is 9.88. The fourth-order valence-corrected chi connectivity index (χ4v) is 3.88. The highest BCUT2D eigenvalue weighted by Gasteiger charge is 2.34. The van der Waals surface area contributed by atoms with E-state index in [1.165, 1.54) is 5.56 Å². The minimum Gasteiger partial charge on any atom is -0.492 e. The average molecular weight is 372 g/mol. The van der Waals surface area contributed by atoms with Crippen LogP contribution in [0.3, 0.4) is 0 Å². The van der Waals surface area contributed by atoms with Crippen molar-refractivity contribution in [1.29, 1.82) is 0 Å². The minimum atomic E-state index is 0.0433. The lowest BCUT2D eigenvalue weighted by Crippen LogP contribution is -2.34. The lowest BCUT2D eigenvalue weighted by molar-refractivity contribution is 0.170. The standard InChI is InChI=1S/C19H24N4O4/c1-22-8-4-13-10-16-18(27-12-26-16)19(25-2)17(13)15(22)11-14(21-24)5-9-23-7-3-6-20-23/h3,6-7,10,15,24H,4-5,8-9,11-12H2,1-2H3. The first-order valence-electron chi connectivity index (χ1n) is 9.08. The number of hydrogen-bond acceptors (Lipinski definition) is 7. The molecule has 0 bridgehead atoms. The van der Waals surface area contributed by atoms with Gasteiger partial charge in [-0.05, 0) is 31.2 Å². The van der Waals surface area contributed by atoms with Crippen LogP contribution in [0.25, 0.3) is 0 Å². The number of fused-ring (bicyclic) bond motifs is 2. The van der Waals surface area contributed by atoms with Crippen molar-refractivity contribution in [3.05, 3.63) is 35.7 Å². The number of rotatable bonds is 6. The van der Waals surface area contributed by atoms with Crippen molar-refractivity contribution in [1.82, 2.24) is 14.7 Å². The van der Waals surface area contributed by atoms with Crippen LogP contribution in [-0.2, 0) is 13.0 Å². The van der Waals surface area contributed by atoms with Crippen molar-refractivity contribution in [2.24, 2.45) is 5.16 Å². The monoisotopic (exact) mass is 372 g/mol. The summed E-state index contributed by atoms with van der Waals surface area (Å²) >= 11 is 0. The third-order valence-electron chi connectivity index (χ3n) is 5.31. The van der Waals surface area contributed by atoms with E-state index in [4.69, 9.17) is 14.2 Å². The fourth-order valence-electron chi connectivity index (χ4n) is 3.88. The predicted octanol–water partition coefficient (Wildman–Crippen LogP) is 2.46. The molecule has 2 aliphatic rings. The van der Waals surface area contributed by atoms with Gasteiger partial charge in [0, 0.05) is 49.9 Å². The topological polar surface area (TPSA) is 81.3 Å². The lowest BCUT2D eigenvalue weighted by Gasteiger charge is -2.36. The van der Waals surface area contributed by atoms with Gasteiger partial charge in [0.05, 0.1) is 12.8 Å². The van der Waals surface area contributed by atoms with Gasteiger partial charge in [-0.15, -0.1) is 0 Å². The number of benzene rings is 1. The molecule has 27 heavy (non-hydrogen) atoms. The Bertz CT molecular complexity index is 835. The first-order valence-corrected chi connectivity index (χ1v) is 9.08. The quantitative estimate of drug-likeness (QED) is 0.477. The van der Waals surface area contributed by atoms with Crippen LogP contribution >= 0.6 is 0 Å². The van der Waals surface area contributed by atoms with Crippen LogP contribution < -0.4 is 14.2 Å². The van der Waals surface area contributed by atoms with Crippen molar-refractivity contribution >= 4 is 5.71 Å². The molecule has 1 N–H and O–H groups in total. The third kappa shape index (κ3) is 3.32. The van der Waals surface area contributed by atoms with Crippen LogP contribution in [0.2, 0.25) is 0 Å². The largest absolute Gasteiger partial charge is 0.492 e. The van der Waals surface area contributed by atoms with Gasteiger partial charge in [0.25, 0.3) is 0 Å². The molecule has 0 aliphatic carbocycles. The highest BCUT2D eigenvalue weighted by molar-refractivity contribution is 5.85. The average Bonchev–Trinajstić information content (AvgIpc) is 3.36. The van der Waals surface area contributed by atoms with E-state index in [0.717, 1.165) is 35.7 Å². The number of methoxy groups -OCH3 is 1. The normalized spacial score (nSPS) is 19.2. The zero-order valence-electron chi connectivity index (χ0n) is 15.6. The maximum atomic E-state index is 9.56. The first kappa shape index (κ1) is 17.7. The summed E-state index contributed by atoms with van der Waals surface area (Å²) in [5.74, 6) is 2.13. The molecule has 4 rings (SSSR count). The van der Waals surface area contributed by atoms with Crippen molar-refractivity contribution < 1.29 is 19.4 Å². The van der Waals surface area contributed by atoms with Gasteiger partial charge >= 0.3 is 0 Å². The van der Waals surface area contributed by atoms with E-state index < -0.39 is 0 Å². The van der Waals surface area contributed by atoms with Gasteiger partial charge in [-0.2, -0.15) is 5.10 Å². The van der Waals surface area contributed by atoms with Crippen molar-refractivity contribution in [3.63, 3.8) is 0 Å². The van der Waals surface area contributed by atoms with E-state index in [1.54, 1.807) is 13.3 Å². The smallest absolute Gasteiger partial charge is 0.231 e. The number of aromatic nitrogens is 2.